The van der Waals surface area contributed by atoms with Gasteiger partial charge in [0.15, 0.2) is 11.6 Å². The summed E-state index contributed by atoms with van der Waals surface area (Å²) >= 11 is 0. The van der Waals surface area contributed by atoms with Gasteiger partial charge >= 0.3 is 6.09 Å². The fraction of sp³-hybridized carbons (Fsp3) is 0.533. The second kappa shape index (κ2) is 6.30. The van der Waals surface area contributed by atoms with E-state index in [1.165, 1.54) is 12.1 Å². The molecule has 2 N–H and O–H groups in total. The van der Waals surface area contributed by atoms with Crippen LogP contribution < -0.4 is 15.4 Å². The number of anilines is 1. The number of hydrogen-bond donors (Lipinski definition) is 2. The Morgan fingerprint density at radius 3 is 2.76 bits per heavy atom. The Bertz CT molecular complexity index is 508. The van der Waals surface area contributed by atoms with E-state index in [1.807, 2.05) is 0 Å². The molecule has 2 rings (SSSR count). The van der Waals surface area contributed by atoms with E-state index in [1.54, 1.807) is 26.8 Å². The van der Waals surface area contributed by atoms with Gasteiger partial charge in [0.1, 0.15) is 11.7 Å². The molecule has 116 valence electrons. The third-order valence-corrected chi connectivity index (χ3v) is 2.89. The molecule has 1 aliphatic rings. The molecule has 1 saturated heterocycles. The predicted octanol–water partition coefficient (Wildman–Crippen LogP) is 2.91. The monoisotopic (exact) mass is 296 g/mol. The summed E-state index contributed by atoms with van der Waals surface area (Å²) in [6, 6.07) is 4.33. The fourth-order valence-electron chi connectivity index (χ4n) is 2.00. The molecule has 1 fully saturated rings. The largest absolute Gasteiger partial charge is 0.486 e. The second-order valence-electron chi connectivity index (χ2n) is 6.00. The van der Waals surface area contributed by atoms with Crippen LogP contribution >= 0.6 is 0 Å². The highest BCUT2D eigenvalue weighted by Crippen LogP contribution is 2.23. The molecular weight excluding hydrogens is 275 g/mol. The van der Waals surface area contributed by atoms with Gasteiger partial charge in [0.25, 0.3) is 0 Å². The molecule has 1 unspecified atom stereocenters. The maximum absolute atomic E-state index is 14.0. The number of amides is 1. The first-order valence-electron chi connectivity index (χ1n) is 7.00. The molecule has 0 aliphatic carbocycles. The standard InChI is InChI=1S/C15H21FN2O3/c1-15(2,3)21-14(19)18-10-4-5-13(12(16)8-10)20-11-6-7-17-9-11/h4-5,8,11,17H,6-7,9H2,1-3H3,(H,18,19). The molecule has 0 spiro atoms. The summed E-state index contributed by atoms with van der Waals surface area (Å²) in [6.45, 7) is 6.89. The minimum Gasteiger partial charge on any atom is -0.486 e. The number of rotatable bonds is 3. The number of benzene rings is 1. The Balaban J connectivity index is 1.96. The minimum absolute atomic E-state index is 0.0100. The summed E-state index contributed by atoms with van der Waals surface area (Å²) < 4.78 is 24.6. The molecule has 0 bridgehead atoms. The summed E-state index contributed by atoms with van der Waals surface area (Å²) in [5.74, 6) is -0.311. The molecule has 1 amide bonds. The smallest absolute Gasteiger partial charge is 0.412 e. The van der Waals surface area contributed by atoms with Crippen LogP contribution in [0.4, 0.5) is 14.9 Å². The van der Waals surface area contributed by atoms with Crippen LogP contribution in [0, 0.1) is 5.82 Å². The molecule has 0 aromatic heterocycles. The average Bonchev–Trinajstić information content (AvgIpc) is 2.83. The molecule has 0 radical (unpaired) electrons. The van der Waals surface area contributed by atoms with E-state index in [-0.39, 0.29) is 11.9 Å². The van der Waals surface area contributed by atoms with Crippen LogP contribution in [-0.2, 0) is 4.74 Å². The maximum Gasteiger partial charge on any atom is 0.412 e. The van der Waals surface area contributed by atoms with Gasteiger partial charge in [0.05, 0.1) is 0 Å². The van der Waals surface area contributed by atoms with E-state index in [9.17, 15) is 9.18 Å². The number of carbonyl (C=O) groups excluding carboxylic acids is 1. The molecule has 1 aromatic rings. The number of halogens is 1. The summed E-state index contributed by atoms with van der Waals surface area (Å²) in [7, 11) is 0. The van der Waals surface area contributed by atoms with E-state index >= 15 is 0 Å². The van der Waals surface area contributed by atoms with Gasteiger partial charge in [0, 0.05) is 18.3 Å². The SMILES string of the molecule is CC(C)(C)OC(=O)Nc1ccc(OC2CCNC2)c(F)c1. The summed E-state index contributed by atoms with van der Waals surface area (Å²) in [4.78, 5) is 11.6. The van der Waals surface area contributed by atoms with Gasteiger partial charge in [-0.05, 0) is 45.9 Å². The zero-order valence-electron chi connectivity index (χ0n) is 12.5. The zero-order chi connectivity index (χ0) is 15.5. The van der Waals surface area contributed by atoms with Gasteiger partial charge in [-0.3, -0.25) is 5.32 Å². The zero-order valence-corrected chi connectivity index (χ0v) is 12.5. The Labute approximate surface area is 123 Å². The van der Waals surface area contributed by atoms with E-state index in [0.29, 0.717) is 5.69 Å². The van der Waals surface area contributed by atoms with Crippen molar-refractivity contribution in [1.29, 1.82) is 0 Å². The summed E-state index contributed by atoms with van der Waals surface area (Å²) in [5.41, 5.74) is -0.264. The molecule has 21 heavy (non-hydrogen) atoms. The van der Waals surface area contributed by atoms with Crippen LogP contribution in [0.5, 0.6) is 5.75 Å². The van der Waals surface area contributed by atoms with Crippen molar-refractivity contribution in [3.8, 4) is 5.75 Å². The Hall–Kier alpha value is -1.82. The highest BCUT2D eigenvalue weighted by molar-refractivity contribution is 5.84. The summed E-state index contributed by atoms with van der Waals surface area (Å²) in [5, 5.41) is 5.64. The van der Waals surface area contributed by atoms with Crippen molar-refractivity contribution in [3.63, 3.8) is 0 Å². The first kappa shape index (κ1) is 15.6. The molecule has 1 aromatic carbocycles. The topological polar surface area (TPSA) is 59.6 Å². The minimum atomic E-state index is -0.615. The summed E-state index contributed by atoms with van der Waals surface area (Å²) in [6.07, 6.45) is 0.233. The Morgan fingerprint density at radius 1 is 1.43 bits per heavy atom. The van der Waals surface area contributed by atoms with Crippen LogP contribution in [0.25, 0.3) is 0 Å². The fourth-order valence-corrected chi connectivity index (χ4v) is 2.00. The predicted molar refractivity (Wildman–Crippen MR) is 78.2 cm³/mol. The lowest BCUT2D eigenvalue weighted by molar-refractivity contribution is 0.0636. The van der Waals surface area contributed by atoms with Gasteiger partial charge in [-0.15, -0.1) is 0 Å². The average molecular weight is 296 g/mol. The Morgan fingerprint density at radius 2 is 2.19 bits per heavy atom. The highest BCUT2D eigenvalue weighted by atomic mass is 19.1. The van der Waals surface area contributed by atoms with E-state index in [2.05, 4.69) is 10.6 Å². The van der Waals surface area contributed by atoms with Gasteiger partial charge in [0.2, 0.25) is 0 Å². The molecular formula is C15H21FN2O3. The van der Waals surface area contributed by atoms with Gasteiger partial charge in [-0.1, -0.05) is 0 Å². The quantitative estimate of drug-likeness (QED) is 0.900. The normalized spacial score (nSPS) is 18.4. The van der Waals surface area contributed by atoms with E-state index < -0.39 is 17.5 Å². The van der Waals surface area contributed by atoms with E-state index in [0.717, 1.165) is 19.5 Å². The van der Waals surface area contributed by atoms with Crippen molar-refractivity contribution in [2.45, 2.75) is 38.9 Å². The van der Waals surface area contributed by atoms with Crippen molar-refractivity contribution >= 4 is 11.8 Å². The van der Waals surface area contributed by atoms with Crippen molar-refractivity contribution in [2.24, 2.45) is 0 Å². The number of carbonyl (C=O) groups is 1. The van der Waals surface area contributed by atoms with Gasteiger partial charge in [-0.25, -0.2) is 9.18 Å². The van der Waals surface area contributed by atoms with Crippen LogP contribution in [0.3, 0.4) is 0 Å². The first-order valence-corrected chi connectivity index (χ1v) is 7.00. The van der Waals surface area contributed by atoms with Crippen molar-refractivity contribution < 1.29 is 18.7 Å². The third-order valence-electron chi connectivity index (χ3n) is 2.89. The lowest BCUT2D eigenvalue weighted by atomic mass is 10.2. The van der Waals surface area contributed by atoms with Crippen molar-refractivity contribution in [3.05, 3.63) is 24.0 Å². The molecule has 1 heterocycles. The third kappa shape index (κ3) is 4.90. The van der Waals surface area contributed by atoms with Crippen molar-refractivity contribution in [1.82, 2.24) is 5.32 Å². The second-order valence-corrected chi connectivity index (χ2v) is 6.00. The highest BCUT2D eigenvalue weighted by Gasteiger charge is 2.19. The van der Waals surface area contributed by atoms with Crippen LogP contribution in [0.1, 0.15) is 27.2 Å². The molecule has 0 saturated carbocycles. The first-order chi connectivity index (χ1) is 9.83. The number of nitrogens with one attached hydrogen (secondary N) is 2. The van der Waals surface area contributed by atoms with Crippen molar-refractivity contribution in [2.75, 3.05) is 18.4 Å². The van der Waals surface area contributed by atoms with Crippen LogP contribution in [0.15, 0.2) is 18.2 Å². The molecule has 5 nitrogen and oxygen atoms in total. The molecule has 6 heteroatoms. The Kier molecular flexibility index (Phi) is 4.67. The van der Waals surface area contributed by atoms with Crippen LogP contribution in [-0.4, -0.2) is 30.9 Å². The lowest BCUT2D eigenvalue weighted by Crippen LogP contribution is -2.27. The van der Waals surface area contributed by atoms with Gasteiger partial charge in [-0.2, -0.15) is 0 Å². The van der Waals surface area contributed by atoms with E-state index in [4.69, 9.17) is 9.47 Å². The molecule has 1 aliphatic heterocycles. The van der Waals surface area contributed by atoms with Gasteiger partial charge < -0.3 is 14.8 Å². The van der Waals surface area contributed by atoms with Crippen LogP contribution in [0.2, 0.25) is 0 Å². The lowest BCUT2D eigenvalue weighted by Gasteiger charge is -2.20. The number of hydrogen-bond acceptors (Lipinski definition) is 4. The number of ether oxygens (including phenoxy) is 2. The maximum atomic E-state index is 14.0. The molecule has 1 atom stereocenters.